The van der Waals surface area contributed by atoms with Crippen molar-refractivity contribution in [2.75, 3.05) is 13.2 Å². The molecule has 1 saturated heterocycles. The molecule has 1 aliphatic carbocycles. The van der Waals surface area contributed by atoms with E-state index >= 15 is 0 Å². The van der Waals surface area contributed by atoms with Crippen molar-refractivity contribution in [2.24, 2.45) is 17.8 Å². The lowest BCUT2D eigenvalue weighted by molar-refractivity contribution is -0.131. The van der Waals surface area contributed by atoms with Crippen molar-refractivity contribution in [1.82, 2.24) is 4.90 Å². The minimum atomic E-state index is 0.0531. The number of aromatic hydroxyl groups is 1. The van der Waals surface area contributed by atoms with Crippen molar-refractivity contribution in [1.29, 1.82) is 0 Å². The minimum Gasteiger partial charge on any atom is -0.508 e. The van der Waals surface area contributed by atoms with Crippen LogP contribution in [0.5, 0.6) is 5.75 Å². The number of aliphatic hydroxyl groups is 1. The monoisotopic (exact) mass is 233 g/mol. The predicted molar refractivity (Wildman–Crippen MR) is 61.1 cm³/mol. The van der Waals surface area contributed by atoms with Gasteiger partial charge < -0.3 is 15.1 Å². The highest BCUT2D eigenvalue weighted by Gasteiger charge is 2.60. The Kier molecular flexibility index (Phi) is 2.33. The number of phenols is 1. The lowest BCUT2D eigenvalue weighted by Crippen LogP contribution is -2.30. The maximum Gasteiger partial charge on any atom is 0.226 e. The Morgan fingerprint density at radius 2 is 2.24 bits per heavy atom. The molecule has 1 heterocycles. The summed E-state index contributed by atoms with van der Waals surface area (Å²) in [5, 5.41) is 18.4. The third-order valence-corrected chi connectivity index (χ3v) is 3.85. The van der Waals surface area contributed by atoms with Gasteiger partial charge in [0.25, 0.3) is 0 Å². The molecule has 0 bridgehead atoms. The number of piperidine rings is 1. The van der Waals surface area contributed by atoms with E-state index in [4.69, 9.17) is 5.11 Å². The van der Waals surface area contributed by atoms with Crippen LogP contribution in [0.2, 0.25) is 0 Å². The zero-order chi connectivity index (χ0) is 12.0. The zero-order valence-corrected chi connectivity index (χ0v) is 9.41. The number of carbonyl (C=O) groups is 1. The SMILES string of the molecule is O=C1C2C(CO)C2CN1Cc1cccc(O)c1. The van der Waals surface area contributed by atoms with Gasteiger partial charge in [0.15, 0.2) is 0 Å². The van der Waals surface area contributed by atoms with Crippen LogP contribution in [0.4, 0.5) is 0 Å². The second kappa shape index (κ2) is 3.74. The lowest BCUT2D eigenvalue weighted by Gasteiger charge is -2.19. The molecule has 1 aromatic rings. The molecule has 0 radical (unpaired) electrons. The first-order valence-corrected chi connectivity index (χ1v) is 5.88. The van der Waals surface area contributed by atoms with Crippen molar-refractivity contribution in [3.05, 3.63) is 29.8 Å². The molecule has 3 unspecified atom stereocenters. The molecule has 1 aromatic carbocycles. The number of hydrogen-bond donors (Lipinski definition) is 2. The van der Waals surface area contributed by atoms with E-state index in [1.807, 2.05) is 11.0 Å². The van der Waals surface area contributed by atoms with E-state index in [1.165, 1.54) is 0 Å². The highest BCUT2D eigenvalue weighted by atomic mass is 16.3. The number of carbonyl (C=O) groups excluding carboxylic acids is 1. The Labute approximate surface area is 99.5 Å². The fourth-order valence-corrected chi connectivity index (χ4v) is 2.88. The van der Waals surface area contributed by atoms with Crippen LogP contribution in [0, 0.1) is 17.8 Å². The zero-order valence-electron chi connectivity index (χ0n) is 9.41. The molecular weight excluding hydrogens is 218 g/mol. The lowest BCUT2D eigenvalue weighted by atomic mass is 10.2. The fourth-order valence-electron chi connectivity index (χ4n) is 2.88. The number of amides is 1. The summed E-state index contributed by atoms with van der Waals surface area (Å²) in [5.74, 6) is 0.981. The van der Waals surface area contributed by atoms with Crippen LogP contribution in [0.3, 0.4) is 0 Å². The number of nitrogens with zero attached hydrogens (tertiary/aromatic N) is 1. The minimum absolute atomic E-state index is 0.0531. The molecule has 17 heavy (non-hydrogen) atoms. The van der Waals surface area contributed by atoms with Crippen molar-refractivity contribution in [3.63, 3.8) is 0 Å². The molecule has 4 nitrogen and oxygen atoms in total. The number of rotatable bonds is 3. The van der Waals surface area contributed by atoms with Crippen molar-refractivity contribution >= 4 is 5.91 Å². The van der Waals surface area contributed by atoms with E-state index in [-0.39, 0.29) is 30.1 Å². The van der Waals surface area contributed by atoms with Gasteiger partial charge in [0, 0.05) is 25.6 Å². The van der Waals surface area contributed by atoms with E-state index in [0.29, 0.717) is 12.5 Å². The fraction of sp³-hybridized carbons (Fsp3) is 0.462. The van der Waals surface area contributed by atoms with Crippen LogP contribution in [0.15, 0.2) is 24.3 Å². The first-order valence-electron chi connectivity index (χ1n) is 5.88. The Morgan fingerprint density at radius 3 is 2.82 bits per heavy atom. The largest absolute Gasteiger partial charge is 0.508 e. The third-order valence-electron chi connectivity index (χ3n) is 3.85. The molecule has 3 atom stereocenters. The molecule has 2 aliphatic rings. The van der Waals surface area contributed by atoms with Crippen molar-refractivity contribution in [2.45, 2.75) is 6.54 Å². The average Bonchev–Trinajstić information content (AvgIpc) is 2.91. The Hall–Kier alpha value is -1.55. The average molecular weight is 233 g/mol. The van der Waals surface area contributed by atoms with Gasteiger partial charge in [-0.15, -0.1) is 0 Å². The van der Waals surface area contributed by atoms with Crippen molar-refractivity contribution < 1.29 is 15.0 Å². The van der Waals surface area contributed by atoms with Gasteiger partial charge in [0.1, 0.15) is 5.75 Å². The molecule has 4 heteroatoms. The summed E-state index contributed by atoms with van der Waals surface area (Å²) in [6.07, 6.45) is 0. The van der Waals surface area contributed by atoms with Crippen LogP contribution in [-0.2, 0) is 11.3 Å². The highest BCUT2D eigenvalue weighted by Crippen LogP contribution is 2.52. The Bertz CT molecular complexity index is 460. The first-order chi connectivity index (χ1) is 8.20. The first kappa shape index (κ1) is 10.6. The van der Waals surface area contributed by atoms with Gasteiger partial charge in [-0.05, 0) is 29.5 Å². The molecule has 1 aliphatic heterocycles. The maximum absolute atomic E-state index is 12.0. The molecule has 0 spiro atoms. The van der Waals surface area contributed by atoms with Gasteiger partial charge in [-0.1, -0.05) is 12.1 Å². The van der Waals surface area contributed by atoms with Crippen LogP contribution < -0.4 is 0 Å². The molecule has 1 amide bonds. The van der Waals surface area contributed by atoms with E-state index in [9.17, 15) is 9.90 Å². The second-order valence-corrected chi connectivity index (χ2v) is 4.92. The number of phenolic OH excluding ortho intramolecular Hbond substituents is 1. The molecule has 1 saturated carbocycles. The van der Waals surface area contributed by atoms with Gasteiger partial charge in [0.2, 0.25) is 5.91 Å². The number of fused-ring (bicyclic) bond motifs is 1. The predicted octanol–water partition coefficient (Wildman–Crippen LogP) is 0.589. The number of likely N-dealkylation sites (tertiary alicyclic amines) is 1. The standard InChI is InChI=1S/C13H15NO3/c15-7-11-10-6-14(13(17)12(10)11)5-8-2-1-3-9(16)4-8/h1-4,10-12,15-16H,5-7H2. The summed E-state index contributed by atoms with van der Waals surface area (Å²) < 4.78 is 0. The van der Waals surface area contributed by atoms with Crippen LogP contribution in [0.1, 0.15) is 5.56 Å². The van der Waals surface area contributed by atoms with Crippen molar-refractivity contribution in [3.8, 4) is 5.75 Å². The summed E-state index contributed by atoms with van der Waals surface area (Å²) >= 11 is 0. The quantitative estimate of drug-likeness (QED) is 0.803. The van der Waals surface area contributed by atoms with Crippen LogP contribution >= 0.6 is 0 Å². The Balaban J connectivity index is 1.67. The number of benzene rings is 1. The molecule has 90 valence electrons. The molecule has 3 rings (SSSR count). The van der Waals surface area contributed by atoms with E-state index in [0.717, 1.165) is 12.1 Å². The number of hydrogen-bond acceptors (Lipinski definition) is 3. The molecule has 2 fully saturated rings. The normalized spacial score (nSPS) is 30.5. The maximum atomic E-state index is 12.0. The molecule has 2 N–H and O–H groups in total. The summed E-state index contributed by atoms with van der Waals surface area (Å²) in [6.45, 7) is 1.42. The van der Waals surface area contributed by atoms with Crippen LogP contribution in [0.25, 0.3) is 0 Å². The van der Waals surface area contributed by atoms with E-state index in [2.05, 4.69) is 0 Å². The third kappa shape index (κ3) is 1.69. The molecule has 0 aromatic heterocycles. The van der Waals surface area contributed by atoms with E-state index < -0.39 is 0 Å². The summed E-state index contributed by atoms with van der Waals surface area (Å²) in [7, 11) is 0. The Morgan fingerprint density at radius 1 is 1.41 bits per heavy atom. The smallest absolute Gasteiger partial charge is 0.226 e. The van der Waals surface area contributed by atoms with Gasteiger partial charge in [-0.2, -0.15) is 0 Å². The summed E-state index contributed by atoms with van der Waals surface area (Å²) in [5.41, 5.74) is 0.945. The van der Waals surface area contributed by atoms with Gasteiger partial charge in [0.05, 0.1) is 0 Å². The highest BCUT2D eigenvalue weighted by molar-refractivity contribution is 5.85. The second-order valence-electron chi connectivity index (χ2n) is 4.92. The van der Waals surface area contributed by atoms with Gasteiger partial charge in [-0.25, -0.2) is 0 Å². The van der Waals surface area contributed by atoms with E-state index in [1.54, 1.807) is 18.2 Å². The van der Waals surface area contributed by atoms with Gasteiger partial charge in [-0.3, -0.25) is 4.79 Å². The topological polar surface area (TPSA) is 60.8 Å². The van der Waals surface area contributed by atoms with Gasteiger partial charge >= 0.3 is 0 Å². The summed E-state index contributed by atoms with van der Waals surface area (Å²) in [6, 6.07) is 6.98. The van der Waals surface area contributed by atoms with Crippen LogP contribution in [-0.4, -0.2) is 34.2 Å². The summed E-state index contributed by atoms with van der Waals surface area (Å²) in [4.78, 5) is 13.8. The molecular formula is C13H15NO3. The number of aliphatic hydroxyl groups excluding tert-OH is 1.